The van der Waals surface area contributed by atoms with Crippen LogP contribution in [-0.4, -0.2) is 36.4 Å². The summed E-state index contributed by atoms with van der Waals surface area (Å²) in [5.74, 6) is 0.266. The first-order valence-corrected chi connectivity index (χ1v) is 11.5. The fourth-order valence-electron chi connectivity index (χ4n) is 3.68. The predicted octanol–water partition coefficient (Wildman–Crippen LogP) is 6.00. The van der Waals surface area contributed by atoms with Crippen molar-refractivity contribution < 1.29 is 28.5 Å². The van der Waals surface area contributed by atoms with Gasteiger partial charge in [-0.15, -0.1) is 0 Å². The Morgan fingerprint density at radius 1 is 0.676 bits per heavy atom. The average Bonchev–Trinajstić information content (AvgIpc) is 2.73. The minimum absolute atomic E-state index is 0.217. The van der Waals surface area contributed by atoms with Gasteiger partial charge in [0.15, 0.2) is 13.2 Å². The smallest absolute Gasteiger partial charge is 0.344 e. The number of fused-ring (bicyclic) bond motifs is 2. The van der Waals surface area contributed by atoms with E-state index in [2.05, 4.69) is 6.92 Å². The van der Waals surface area contributed by atoms with Crippen molar-refractivity contribution >= 4 is 33.5 Å². The van der Waals surface area contributed by atoms with Crippen LogP contribution in [0.4, 0.5) is 0 Å². The highest BCUT2D eigenvalue weighted by atomic mass is 16.6. The van der Waals surface area contributed by atoms with E-state index in [9.17, 15) is 9.59 Å². The minimum Gasteiger partial charge on any atom is -0.481 e. The number of hydrogen-bond donors (Lipinski definition) is 0. The van der Waals surface area contributed by atoms with Gasteiger partial charge in [0, 0.05) is 21.5 Å². The standard InChI is InChI=1S/C28H34O6/c1-8-18-13-14-21-22(15-18)26(32-17-24(30)34-28(5,6)7)20-12-10-9-11-19(20)25(21)31-16-23(29)33-27(2,3)4/h9-15H,8,16-17H2,1-7H3. The highest BCUT2D eigenvalue weighted by molar-refractivity contribution is 6.11. The van der Waals surface area contributed by atoms with Gasteiger partial charge >= 0.3 is 11.9 Å². The quantitative estimate of drug-likeness (QED) is 0.314. The second-order valence-corrected chi connectivity index (χ2v) is 10.2. The molecule has 0 unspecified atom stereocenters. The first-order valence-electron chi connectivity index (χ1n) is 11.5. The second-order valence-electron chi connectivity index (χ2n) is 10.2. The fraction of sp³-hybridized carbons (Fsp3) is 0.429. The zero-order valence-corrected chi connectivity index (χ0v) is 21.1. The van der Waals surface area contributed by atoms with E-state index in [0.29, 0.717) is 11.5 Å². The van der Waals surface area contributed by atoms with Crippen LogP contribution in [0.25, 0.3) is 21.5 Å². The lowest BCUT2D eigenvalue weighted by Crippen LogP contribution is -2.27. The second kappa shape index (κ2) is 9.92. The summed E-state index contributed by atoms with van der Waals surface area (Å²) in [6.45, 7) is 12.6. The van der Waals surface area contributed by atoms with Crippen LogP contribution in [0.1, 0.15) is 54.0 Å². The van der Waals surface area contributed by atoms with Gasteiger partial charge in [0.1, 0.15) is 22.7 Å². The lowest BCUT2D eigenvalue weighted by molar-refractivity contribution is -0.158. The van der Waals surface area contributed by atoms with E-state index in [0.717, 1.165) is 33.5 Å². The number of carbonyl (C=O) groups excluding carboxylic acids is 2. The third-order valence-corrected chi connectivity index (χ3v) is 4.91. The maximum Gasteiger partial charge on any atom is 0.344 e. The molecule has 182 valence electrons. The van der Waals surface area contributed by atoms with Crippen LogP contribution in [0.2, 0.25) is 0 Å². The van der Waals surface area contributed by atoms with E-state index in [-0.39, 0.29) is 13.2 Å². The molecule has 0 saturated carbocycles. The maximum atomic E-state index is 12.4. The molecule has 0 saturated heterocycles. The third kappa shape index (κ3) is 6.40. The molecule has 0 spiro atoms. The van der Waals surface area contributed by atoms with Crippen LogP contribution in [0.3, 0.4) is 0 Å². The zero-order chi connectivity index (χ0) is 25.1. The molecule has 0 aliphatic carbocycles. The van der Waals surface area contributed by atoms with Gasteiger partial charge in [-0.1, -0.05) is 43.3 Å². The molecule has 0 atom stereocenters. The Kier molecular flexibility index (Phi) is 7.39. The first kappa shape index (κ1) is 25.3. The van der Waals surface area contributed by atoms with Crippen LogP contribution < -0.4 is 9.47 Å². The molecule has 0 aliphatic rings. The molecular formula is C28H34O6. The third-order valence-electron chi connectivity index (χ3n) is 4.91. The molecule has 3 rings (SSSR count). The number of rotatable bonds is 7. The van der Waals surface area contributed by atoms with Crippen molar-refractivity contribution in [2.75, 3.05) is 13.2 Å². The molecule has 0 aromatic heterocycles. The molecule has 0 radical (unpaired) electrons. The Labute approximate surface area is 201 Å². The summed E-state index contributed by atoms with van der Waals surface area (Å²) < 4.78 is 22.9. The molecule has 6 heteroatoms. The minimum atomic E-state index is -0.598. The topological polar surface area (TPSA) is 71.1 Å². The van der Waals surface area contributed by atoms with Crippen molar-refractivity contribution in [2.45, 2.75) is 66.1 Å². The van der Waals surface area contributed by atoms with Crippen LogP contribution in [0.15, 0.2) is 42.5 Å². The van der Waals surface area contributed by atoms with Crippen molar-refractivity contribution in [3.63, 3.8) is 0 Å². The Balaban J connectivity index is 2.07. The monoisotopic (exact) mass is 466 g/mol. The van der Waals surface area contributed by atoms with Crippen molar-refractivity contribution in [2.24, 2.45) is 0 Å². The molecule has 0 N–H and O–H groups in total. The molecule has 0 heterocycles. The molecule has 0 bridgehead atoms. The first-order chi connectivity index (χ1) is 15.9. The number of benzene rings is 3. The summed E-state index contributed by atoms with van der Waals surface area (Å²) in [4.78, 5) is 24.7. The van der Waals surface area contributed by atoms with Gasteiger partial charge < -0.3 is 18.9 Å². The highest BCUT2D eigenvalue weighted by Gasteiger charge is 2.22. The van der Waals surface area contributed by atoms with E-state index in [1.807, 2.05) is 84.0 Å². The number of ether oxygens (including phenoxy) is 4. The predicted molar refractivity (Wildman–Crippen MR) is 134 cm³/mol. The van der Waals surface area contributed by atoms with Crippen LogP contribution >= 0.6 is 0 Å². The van der Waals surface area contributed by atoms with Crippen molar-refractivity contribution in [1.82, 2.24) is 0 Å². The van der Waals surface area contributed by atoms with Gasteiger partial charge in [0.05, 0.1) is 0 Å². The van der Waals surface area contributed by atoms with E-state index in [4.69, 9.17) is 18.9 Å². The summed E-state index contributed by atoms with van der Waals surface area (Å²) in [6.07, 6.45) is 0.836. The van der Waals surface area contributed by atoms with Crippen molar-refractivity contribution in [1.29, 1.82) is 0 Å². The highest BCUT2D eigenvalue weighted by Crippen LogP contribution is 2.43. The molecule has 3 aromatic rings. The van der Waals surface area contributed by atoms with Crippen LogP contribution in [0.5, 0.6) is 11.5 Å². The van der Waals surface area contributed by atoms with E-state index >= 15 is 0 Å². The molecule has 6 nitrogen and oxygen atoms in total. The molecule has 0 amide bonds. The molecule has 0 fully saturated rings. The summed E-state index contributed by atoms with van der Waals surface area (Å²) in [6, 6.07) is 13.6. The Morgan fingerprint density at radius 3 is 1.56 bits per heavy atom. The molecule has 0 aliphatic heterocycles. The van der Waals surface area contributed by atoms with Crippen molar-refractivity contribution in [3.05, 3.63) is 48.0 Å². The van der Waals surface area contributed by atoms with Gasteiger partial charge in [0.25, 0.3) is 0 Å². The number of aryl methyl sites for hydroxylation is 1. The number of hydrogen-bond acceptors (Lipinski definition) is 6. The number of carbonyl (C=O) groups is 2. The molecule has 34 heavy (non-hydrogen) atoms. The normalized spacial score (nSPS) is 12.0. The Hall–Kier alpha value is -3.28. The van der Waals surface area contributed by atoms with Gasteiger partial charge in [-0.25, -0.2) is 9.59 Å². The van der Waals surface area contributed by atoms with Crippen LogP contribution in [0, 0.1) is 0 Å². The maximum absolute atomic E-state index is 12.4. The van der Waals surface area contributed by atoms with Gasteiger partial charge in [-0.05, 0) is 59.6 Å². The summed E-state index contributed by atoms with van der Waals surface area (Å²) >= 11 is 0. The van der Waals surface area contributed by atoms with Gasteiger partial charge in [-0.3, -0.25) is 0 Å². The van der Waals surface area contributed by atoms with Crippen molar-refractivity contribution in [3.8, 4) is 11.5 Å². The molecule has 3 aromatic carbocycles. The number of esters is 2. The Bertz CT molecular complexity index is 1200. The lowest BCUT2D eigenvalue weighted by Gasteiger charge is -2.22. The SMILES string of the molecule is CCc1ccc2c(OCC(=O)OC(C)(C)C)c3ccccc3c(OCC(=O)OC(C)(C)C)c2c1. The summed E-state index contributed by atoms with van der Waals surface area (Å²) in [5.41, 5.74) is -0.0813. The summed E-state index contributed by atoms with van der Waals surface area (Å²) in [7, 11) is 0. The van der Waals surface area contributed by atoms with E-state index in [1.54, 1.807) is 0 Å². The van der Waals surface area contributed by atoms with Gasteiger partial charge in [0.2, 0.25) is 0 Å². The van der Waals surface area contributed by atoms with Crippen LogP contribution in [-0.2, 0) is 25.5 Å². The molecular weight excluding hydrogens is 432 g/mol. The Morgan fingerprint density at radius 2 is 1.12 bits per heavy atom. The average molecular weight is 467 g/mol. The van der Waals surface area contributed by atoms with Gasteiger partial charge in [-0.2, -0.15) is 0 Å². The lowest BCUT2D eigenvalue weighted by atomic mass is 9.98. The van der Waals surface area contributed by atoms with E-state index < -0.39 is 23.1 Å². The zero-order valence-electron chi connectivity index (χ0n) is 21.1. The van der Waals surface area contributed by atoms with E-state index in [1.165, 1.54) is 0 Å². The summed E-state index contributed by atoms with van der Waals surface area (Å²) in [5, 5.41) is 3.16. The largest absolute Gasteiger partial charge is 0.481 e. The fourth-order valence-corrected chi connectivity index (χ4v) is 3.68.